The number of nitrogens with one attached hydrogen (secondary N) is 1. The number of amides is 2. The van der Waals surface area contributed by atoms with Crippen LogP contribution in [0.3, 0.4) is 0 Å². The van der Waals surface area contributed by atoms with Gasteiger partial charge >= 0.3 is 0 Å². The van der Waals surface area contributed by atoms with E-state index >= 15 is 0 Å². The molecule has 1 aliphatic rings. The molecule has 1 aliphatic heterocycles. The van der Waals surface area contributed by atoms with Gasteiger partial charge in [-0.05, 0) is 30.8 Å². The first-order valence-corrected chi connectivity index (χ1v) is 11.3. The fourth-order valence-corrected chi connectivity index (χ4v) is 3.64. The van der Waals surface area contributed by atoms with Gasteiger partial charge in [-0.2, -0.15) is 5.10 Å². The van der Waals surface area contributed by atoms with Crippen LogP contribution >= 0.6 is 0 Å². The van der Waals surface area contributed by atoms with E-state index in [-0.39, 0.29) is 24.9 Å². The molecule has 0 fully saturated rings. The quantitative estimate of drug-likeness (QED) is 0.525. The molecule has 0 radical (unpaired) electrons. The van der Waals surface area contributed by atoms with E-state index in [1.807, 2.05) is 43.5 Å². The second-order valence-corrected chi connectivity index (χ2v) is 8.09. The van der Waals surface area contributed by atoms with Crippen LogP contribution in [0.25, 0.3) is 5.69 Å². The van der Waals surface area contributed by atoms with Crippen molar-refractivity contribution in [1.29, 1.82) is 0 Å². The Morgan fingerprint density at radius 1 is 1.06 bits per heavy atom. The van der Waals surface area contributed by atoms with Crippen LogP contribution in [0.5, 0.6) is 11.5 Å². The summed E-state index contributed by atoms with van der Waals surface area (Å²) in [6, 6.07) is 15.1. The van der Waals surface area contributed by atoms with Crippen molar-refractivity contribution < 1.29 is 19.1 Å². The maximum absolute atomic E-state index is 12.8. The van der Waals surface area contributed by atoms with Gasteiger partial charge in [-0.25, -0.2) is 4.68 Å². The molecule has 3 aromatic rings. The minimum Gasteiger partial charge on any atom is -0.486 e. The third kappa shape index (κ3) is 5.93. The summed E-state index contributed by atoms with van der Waals surface area (Å²) in [5, 5.41) is 7.25. The van der Waals surface area contributed by atoms with Crippen molar-refractivity contribution in [2.45, 2.75) is 13.5 Å². The van der Waals surface area contributed by atoms with E-state index in [4.69, 9.17) is 9.47 Å². The maximum Gasteiger partial charge on any atom is 0.238 e. The average Bonchev–Trinajstić information content (AvgIpc) is 3.32. The van der Waals surface area contributed by atoms with Crippen molar-refractivity contribution in [2.24, 2.45) is 0 Å². The molecule has 4 rings (SSSR count). The Labute approximate surface area is 198 Å². The third-order valence-corrected chi connectivity index (χ3v) is 5.50. The molecule has 0 saturated carbocycles. The van der Waals surface area contributed by atoms with Crippen molar-refractivity contribution in [3.8, 4) is 17.2 Å². The number of para-hydroxylation sites is 1. The minimum absolute atomic E-state index is 0.0681. The smallest absolute Gasteiger partial charge is 0.238 e. The Kier molecular flexibility index (Phi) is 7.44. The molecule has 0 saturated heterocycles. The summed E-state index contributed by atoms with van der Waals surface area (Å²) >= 11 is 0. The Hall–Kier alpha value is -3.85. The zero-order valence-electron chi connectivity index (χ0n) is 19.4. The highest BCUT2D eigenvalue weighted by Gasteiger charge is 2.18. The van der Waals surface area contributed by atoms with Crippen LogP contribution in [0, 0.1) is 0 Å². The molecule has 2 amide bonds. The number of likely N-dealkylation sites (N-methyl/N-ethyl adjacent to an activating group) is 2. The molecule has 0 bridgehead atoms. The van der Waals surface area contributed by atoms with Crippen LogP contribution in [-0.2, 0) is 16.1 Å². The van der Waals surface area contributed by atoms with Crippen molar-refractivity contribution in [3.05, 3.63) is 66.5 Å². The average molecular weight is 464 g/mol. The maximum atomic E-state index is 12.8. The second-order valence-electron chi connectivity index (χ2n) is 8.09. The van der Waals surface area contributed by atoms with Gasteiger partial charge in [0, 0.05) is 37.1 Å². The lowest BCUT2D eigenvalue weighted by Gasteiger charge is -2.23. The summed E-state index contributed by atoms with van der Waals surface area (Å²) < 4.78 is 12.8. The SMILES string of the molecule is CCN(CC(=O)Nc1ccc2c(c1)OCCO2)CC(=O)N(C)Cc1cnn(-c2ccccc2)c1. The Balaban J connectivity index is 1.28. The van der Waals surface area contributed by atoms with E-state index in [2.05, 4.69) is 10.4 Å². The van der Waals surface area contributed by atoms with Gasteiger partial charge in [-0.15, -0.1) is 0 Å². The van der Waals surface area contributed by atoms with E-state index < -0.39 is 0 Å². The van der Waals surface area contributed by atoms with Crippen LogP contribution in [-0.4, -0.2) is 71.3 Å². The number of carbonyl (C=O) groups is 2. The van der Waals surface area contributed by atoms with Crippen LogP contribution in [0.15, 0.2) is 60.9 Å². The van der Waals surface area contributed by atoms with E-state index in [1.54, 1.807) is 45.9 Å². The Morgan fingerprint density at radius 2 is 1.82 bits per heavy atom. The summed E-state index contributed by atoms with van der Waals surface area (Å²) in [7, 11) is 1.76. The summed E-state index contributed by atoms with van der Waals surface area (Å²) in [5.41, 5.74) is 2.52. The number of benzene rings is 2. The molecule has 9 nitrogen and oxygen atoms in total. The van der Waals surface area contributed by atoms with Gasteiger partial charge < -0.3 is 19.7 Å². The molecule has 9 heteroatoms. The molecule has 0 aliphatic carbocycles. The first-order valence-electron chi connectivity index (χ1n) is 11.3. The first-order chi connectivity index (χ1) is 16.5. The number of hydrogen-bond donors (Lipinski definition) is 1. The Morgan fingerprint density at radius 3 is 2.59 bits per heavy atom. The second kappa shape index (κ2) is 10.8. The van der Waals surface area contributed by atoms with Crippen molar-refractivity contribution in [2.75, 3.05) is 45.2 Å². The number of anilines is 1. The highest BCUT2D eigenvalue weighted by molar-refractivity contribution is 5.93. The first kappa shape index (κ1) is 23.3. The molecule has 2 heterocycles. The van der Waals surface area contributed by atoms with Crippen LogP contribution < -0.4 is 14.8 Å². The molecule has 0 unspecified atom stereocenters. The van der Waals surface area contributed by atoms with Gasteiger partial charge in [0.15, 0.2) is 11.5 Å². The number of hydrogen-bond acceptors (Lipinski definition) is 6. The number of fused-ring (bicyclic) bond motifs is 1. The van der Waals surface area contributed by atoms with Gasteiger partial charge in [0.25, 0.3) is 0 Å². The molecular formula is C25H29N5O4. The molecule has 1 N–H and O–H groups in total. The molecule has 178 valence electrons. The van der Waals surface area contributed by atoms with Crippen LogP contribution in [0.2, 0.25) is 0 Å². The van der Waals surface area contributed by atoms with Gasteiger partial charge in [0.2, 0.25) is 11.8 Å². The summed E-state index contributed by atoms with van der Waals surface area (Å²) in [5.74, 6) is 1.02. The Bertz CT molecular complexity index is 1130. The van der Waals surface area contributed by atoms with Crippen molar-refractivity contribution in [1.82, 2.24) is 19.6 Å². The van der Waals surface area contributed by atoms with Gasteiger partial charge in [-0.1, -0.05) is 25.1 Å². The van der Waals surface area contributed by atoms with Crippen LogP contribution in [0.1, 0.15) is 12.5 Å². The number of nitrogens with zero attached hydrogens (tertiary/aromatic N) is 4. The molecular weight excluding hydrogens is 434 g/mol. The normalized spacial score (nSPS) is 12.4. The summed E-state index contributed by atoms with van der Waals surface area (Å²) in [6.45, 7) is 4.19. The third-order valence-electron chi connectivity index (χ3n) is 5.50. The summed E-state index contributed by atoms with van der Waals surface area (Å²) in [6.07, 6.45) is 3.67. The van der Waals surface area contributed by atoms with Gasteiger partial charge in [0.05, 0.1) is 25.0 Å². The topological polar surface area (TPSA) is 88.9 Å². The molecule has 0 atom stereocenters. The van der Waals surface area contributed by atoms with E-state index in [0.29, 0.717) is 43.5 Å². The lowest BCUT2D eigenvalue weighted by molar-refractivity contribution is -0.132. The van der Waals surface area contributed by atoms with Crippen molar-refractivity contribution >= 4 is 17.5 Å². The lowest BCUT2D eigenvalue weighted by atomic mass is 10.2. The minimum atomic E-state index is -0.196. The van der Waals surface area contributed by atoms with Gasteiger partial charge in [-0.3, -0.25) is 14.5 Å². The zero-order valence-corrected chi connectivity index (χ0v) is 19.4. The highest BCUT2D eigenvalue weighted by Crippen LogP contribution is 2.32. The predicted octanol–water partition coefficient (Wildman–Crippen LogP) is 2.56. The molecule has 1 aromatic heterocycles. The predicted molar refractivity (Wildman–Crippen MR) is 128 cm³/mol. The number of ether oxygens (including phenoxy) is 2. The van der Waals surface area contributed by atoms with Crippen LogP contribution in [0.4, 0.5) is 5.69 Å². The number of aromatic nitrogens is 2. The standard InChI is InChI=1S/C25H29N5O4/c1-3-29(17-24(31)27-20-9-10-22-23(13-20)34-12-11-33-22)18-25(32)28(2)15-19-14-26-30(16-19)21-7-5-4-6-8-21/h4-10,13-14,16H,3,11-12,15,17-18H2,1-2H3,(H,27,31). The molecule has 0 spiro atoms. The van der Waals surface area contributed by atoms with E-state index in [1.165, 1.54) is 0 Å². The zero-order chi connectivity index (χ0) is 23.9. The molecule has 2 aromatic carbocycles. The molecule has 34 heavy (non-hydrogen) atoms. The number of rotatable bonds is 9. The van der Waals surface area contributed by atoms with E-state index in [9.17, 15) is 9.59 Å². The summed E-state index contributed by atoms with van der Waals surface area (Å²) in [4.78, 5) is 28.8. The number of carbonyl (C=O) groups excluding carboxylic acids is 2. The van der Waals surface area contributed by atoms with Crippen molar-refractivity contribution in [3.63, 3.8) is 0 Å². The monoisotopic (exact) mass is 463 g/mol. The highest BCUT2D eigenvalue weighted by atomic mass is 16.6. The fraction of sp³-hybridized carbons (Fsp3) is 0.320. The largest absolute Gasteiger partial charge is 0.486 e. The van der Waals surface area contributed by atoms with Gasteiger partial charge in [0.1, 0.15) is 13.2 Å². The fourth-order valence-electron chi connectivity index (χ4n) is 3.64. The lowest BCUT2D eigenvalue weighted by Crippen LogP contribution is -2.41. The van der Waals surface area contributed by atoms with E-state index in [0.717, 1.165) is 11.3 Å².